The molecule has 3 heterocycles. The Morgan fingerprint density at radius 2 is 1.55 bits per heavy atom. The highest BCUT2D eigenvalue weighted by Gasteiger charge is 2.61. The number of carbonyl (C=O) groups excluding carboxylic acids is 2. The Balaban J connectivity index is 0.943. The summed E-state index contributed by atoms with van der Waals surface area (Å²) in [6.07, 6.45) is -6.78. The van der Waals surface area contributed by atoms with Crippen LogP contribution in [0.3, 0.4) is 0 Å². The van der Waals surface area contributed by atoms with Crippen LogP contribution in [0.4, 0.5) is 26.3 Å². The van der Waals surface area contributed by atoms with Gasteiger partial charge in [-0.1, -0.05) is 36.4 Å². The number of hydrogen-bond donors (Lipinski definition) is 1. The molecule has 242 valence electrons. The van der Waals surface area contributed by atoms with Gasteiger partial charge in [0.1, 0.15) is 24.8 Å². The van der Waals surface area contributed by atoms with E-state index < -0.39 is 47.2 Å². The van der Waals surface area contributed by atoms with Crippen LogP contribution in [0.5, 0.6) is 0 Å². The normalized spacial score (nSPS) is 22.2. The zero-order valence-electron chi connectivity index (χ0n) is 23.5. The molecule has 3 aliphatic rings. The largest absolute Gasteiger partial charge is 0.422 e. The number of alkyl halides is 6. The summed E-state index contributed by atoms with van der Waals surface area (Å²) >= 11 is 0. The third-order valence-corrected chi connectivity index (χ3v) is 6.99. The Morgan fingerprint density at radius 3 is 2.20 bits per heavy atom. The first-order valence-corrected chi connectivity index (χ1v) is 13.9. The molecule has 0 aromatic heterocycles. The highest BCUT2D eigenvalue weighted by Crippen LogP contribution is 2.48. The van der Waals surface area contributed by atoms with E-state index in [0.29, 0.717) is 25.0 Å². The molecule has 0 aliphatic carbocycles. The molecule has 1 aromatic carbocycles. The van der Waals surface area contributed by atoms with Crippen LogP contribution in [0, 0.1) is 0 Å². The predicted octanol–water partition coefficient (Wildman–Crippen LogP) is 4.10. The quantitative estimate of drug-likeness (QED) is 0.106. The molecular weight excluding hydrogens is 602 g/mol. The molecule has 0 saturated heterocycles. The van der Waals surface area contributed by atoms with Crippen molar-refractivity contribution in [1.29, 1.82) is 0 Å². The number of fused-ring (bicyclic) bond motifs is 2. The molecule has 0 fully saturated rings. The summed E-state index contributed by atoms with van der Waals surface area (Å²) in [6.45, 7) is 1.11. The third-order valence-electron chi connectivity index (χ3n) is 6.99. The van der Waals surface area contributed by atoms with Crippen LogP contribution in [-0.4, -0.2) is 88.8 Å². The maximum absolute atomic E-state index is 13.2. The van der Waals surface area contributed by atoms with Crippen LogP contribution < -0.4 is 5.32 Å². The van der Waals surface area contributed by atoms with Crippen LogP contribution in [0.2, 0.25) is 0 Å². The number of aliphatic imine (C=N–C) groups is 1. The third kappa shape index (κ3) is 8.75. The zero-order valence-corrected chi connectivity index (χ0v) is 23.5. The molecule has 1 amide bonds. The van der Waals surface area contributed by atoms with Crippen molar-refractivity contribution in [3.05, 3.63) is 58.7 Å². The Hall–Kier alpha value is -3.11. The number of benzene rings is 1. The van der Waals surface area contributed by atoms with Gasteiger partial charge in [-0.05, 0) is 17.5 Å². The van der Waals surface area contributed by atoms with Gasteiger partial charge >= 0.3 is 12.4 Å². The van der Waals surface area contributed by atoms with Crippen molar-refractivity contribution < 1.29 is 59.6 Å². The van der Waals surface area contributed by atoms with Gasteiger partial charge in [0.2, 0.25) is 5.54 Å². The summed E-state index contributed by atoms with van der Waals surface area (Å²) < 4.78 is 105. The van der Waals surface area contributed by atoms with E-state index >= 15 is 0 Å². The van der Waals surface area contributed by atoms with E-state index in [-0.39, 0.29) is 64.1 Å². The number of ether oxygens (including phenoxy) is 5. The minimum atomic E-state index is -4.65. The monoisotopic (exact) mass is 634 g/mol. The van der Waals surface area contributed by atoms with E-state index in [4.69, 9.17) is 23.7 Å². The highest BCUT2D eigenvalue weighted by molar-refractivity contribution is 5.97. The second-order valence-corrected chi connectivity index (χ2v) is 10.2. The molecule has 15 heteroatoms. The molecule has 3 unspecified atom stereocenters. The van der Waals surface area contributed by atoms with Gasteiger partial charge in [-0.2, -0.15) is 26.3 Å². The summed E-state index contributed by atoms with van der Waals surface area (Å²) in [6, 6.07) is 5.80. The lowest BCUT2D eigenvalue weighted by Crippen LogP contribution is -2.34. The van der Waals surface area contributed by atoms with Crippen LogP contribution in [0.1, 0.15) is 30.4 Å². The summed E-state index contributed by atoms with van der Waals surface area (Å²) in [4.78, 5) is 27.6. The van der Waals surface area contributed by atoms with Gasteiger partial charge in [-0.25, -0.2) is 0 Å². The number of ketones is 1. The fourth-order valence-corrected chi connectivity index (χ4v) is 4.64. The lowest BCUT2D eigenvalue weighted by atomic mass is 9.96. The van der Waals surface area contributed by atoms with Crippen molar-refractivity contribution in [3.8, 4) is 0 Å². The van der Waals surface area contributed by atoms with Gasteiger partial charge in [0.05, 0.1) is 44.2 Å². The maximum atomic E-state index is 13.2. The zero-order chi connectivity index (χ0) is 31.8. The van der Waals surface area contributed by atoms with Crippen molar-refractivity contribution in [2.75, 3.05) is 46.4 Å². The average molecular weight is 635 g/mol. The number of rotatable bonds is 19. The Labute approximate surface area is 249 Å². The first-order valence-electron chi connectivity index (χ1n) is 13.9. The number of amides is 1. The lowest BCUT2D eigenvalue weighted by Gasteiger charge is -2.18. The number of nitrogens with zero attached hydrogens (tertiary/aromatic N) is 1. The predicted molar refractivity (Wildman–Crippen MR) is 143 cm³/mol. The van der Waals surface area contributed by atoms with Gasteiger partial charge in [0.15, 0.2) is 0 Å². The van der Waals surface area contributed by atoms with Gasteiger partial charge in [0.25, 0.3) is 5.91 Å². The van der Waals surface area contributed by atoms with Gasteiger partial charge in [0, 0.05) is 32.2 Å². The second kappa shape index (κ2) is 14.8. The minimum absolute atomic E-state index is 0.0164. The lowest BCUT2D eigenvalue weighted by molar-refractivity contribution is -0.156. The summed E-state index contributed by atoms with van der Waals surface area (Å²) in [7, 11) is 0. The Kier molecular flexibility index (Phi) is 11.3. The average Bonchev–Trinajstić information content (AvgIpc) is 3.54. The minimum Gasteiger partial charge on any atom is -0.379 e. The van der Waals surface area contributed by atoms with Crippen LogP contribution >= 0.6 is 0 Å². The molecule has 1 aromatic rings. The molecule has 2 bridgehead atoms. The van der Waals surface area contributed by atoms with Crippen LogP contribution in [0.25, 0.3) is 0 Å². The van der Waals surface area contributed by atoms with Gasteiger partial charge < -0.3 is 29.0 Å². The number of hydrogen-bond acceptors (Lipinski definition) is 8. The van der Waals surface area contributed by atoms with Crippen molar-refractivity contribution in [1.82, 2.24) is 5.32 Å². The molecule has 9 nitrogen and oxygen atoms in total. The number of nitrogens with one attached hydrogen (secondary N) is 1. The van der Waals surface area contributed by atoms with E-state index in [1.807, 2.05) is 0 Å². The standard InChI is InChI=1S/C29H32F6N2O7/c30-28(31,32)25-23-8-7-22(44-23)24(25)26(39)36-10-13-41-15-14-40-11-1-2-21(38)9-12-42-18-43-16-19-3-5-20(6-4-19)27(17-37-27)29(33,34)35/h3-8,17,22-23H,1-2,9-16,18H2,(H,36,39). The number of carbonyl (C=O) groups is 2. The van der Waals surface area contributed by atoms with E-state index in [0.717, 1.165) is 6.21 Å². The van der Waals surface area contributed by atoms with Crippen molar-refractivity contribution in [2.24, 2.45) is 4.99 Å². The highest BCUT2D eigenvalue weighted by atomic mass is 19.4. The first-order chi connectivity index (χ1) is 20.9. The maximum Gasteiger partial charge on any atom is 0.422 e. The molecule has 3 atom stereocenters. The molecule has 0 radical (unpaired) electrons. The summed E-state index contributed by atoms with van der Waals surface area (Å²) in [5.41, 5.74) is -2.87. The summed E-state index contributed by atoms with van der Waals surface area (Å²) in [5.74, 6) is -0.854. The number of halogens is 6. The SMILES string of the molecule is O=C(CCCOCCOCCNC(=O)C1=C(C(F)(F)F)C2C=CC1O2)CCOCOCc1ccc(C2(C(F)(F)F)C=N2)cc1. The van der Waals surface area contributed by atoms with Gasteiger partial charge in [-0.15, -0.1) is 0 Å². The molecular formula is C29H32F6N2O7. The smallest absolute Gasteiger partial charge is 0.379 e. The second-order valence-electron chi connectivity index (χ2n) is 10.2. The molecule has 4 rings (SSSR count). The van der Waals surface area contributed by atoms with Crippen LogP contribution in [-0.2, 0) is 45.4 Å². The van der Waals surface area contributed by atoms with Crippen molar-refractivity contribution in [2.45, 2.75) is 56.0 Å². The molecule has 0 spiro atoms. The fourth-order valence-electron chi connectivity index (χ4n) is 4.64. The molecule has 44 heavy (non-hydrogen) atoms. The molecule has 1 N–H and O–H groups in total. The van der Waals surface area contributed by atoms with E-state index in [1.54, 1.807) is 0 Å². The fraction of sp³-hybridized carbons (Fsp3) is 0.552. The molecule has 0 saturated carbocycles. The van der Waals surface area contributed by atoms with Crippen LogP contribution in [0.15, 0.2) is 52.6 Å². The summed E-state index contributed by atoms with van der Waals surface area (Å²) in [5, 5.41) is 2.42. The van der Waals surface area contributed by atoms with E-state index in [1.165, 1.54) is 36.4 Å². The van der Waals surface area contributed by atoms with Crippen molar-refractivity contribution >= 4 is 17.9 Å². The van der Waals surface area contributed by atoms with Crippen molar-refractivity contribution in [3.63, 3.8) is 0 Å². The van der Waals surface area contributed by atoms with Gasteiger partial charge in [-0.3, -0.25) is 14.6 Å². The number of Topliss-reactive ketones (excluding diaryl/α,β-unsaturated/α-hetero) is 1. The Morgan fingerprint density at radius 1 is 0.864 bits per heavy atom. The molecule has 3 aliphatic heterocycles. The first kappa shape index (κ1) is 33.8. The topological polar surface area (TPSA) is 105 Å². The van der Waals surface area contributed by atoms with E-state index in [9.17, 15) is 35.9 Å². The Bertz CT molecular complexity index is 1240. The van der Waals surface area contributed by atoms with E-state index in [2.05, 4.69) is 10.3 Å².